The van der Waals surface area contributed by atoms with E-state index in [1.807, 2.05) is 0 Å². The van der Waals surface area contributed by atoms with Gasteiger partial charge in [-0.3, -0.25) is 4.90 Å². The molecular weight excluding hydrogens is 184 g/mol. The van der Waals surface area contributed by atoms with Crippen molar-refractivity contribution in [1.82, 2.24) is 4.90 Å². The molecule has 0 aromatic heterocycles. The van der Waals surface area contributed by atoms with Crippen LogP contribution in [0.15, 0.2) is 0 Å². The predicted molar refractivity (Wildman–Crippen MR) is 69.1 cm³/mol. The van der Waals surface area contributed by atoms with Gasteiger partial charge in [-0.15, -0.1) is 0 Å². The predicted octanol–water partition coefficient (Wildman–Crippen LogP) is 3.02. The smallest absolute Gasteiger partial charge is 0.0323 e. The molecular formula is C13H30N2. The number of likely N-dealkylation sites (N-methyl/N-ethyl adjacent to an activating group) is 1. The van der Waals surface area contributed by atoms with Gasteiger partial charge in [0.25, 0.3) is 0 Å². The molecule has 0 unspecified atom stereocenters. The second-order valence-electron chi connectivity index (χ2n) is 4.62. The summed E-state index contributed by atoms with van der Waals surface area (Å²) in [5, 5.41) is 0. The van der Waals surface area contributed by atoms with Crippen LogP contribution in [0.2, 0.25) is 0 Å². The fourth-order valence-electron chi connectivity index (χ4n) is 2.25. The molecule has 2 nitrogen and oxygen atoms in total. The van der Waals surface area contributed by atoms with E-state index in [1.165, 1.54) is 32.2 Å². The molecule has 0 fully saturated rings. The minimum absolute atomic E-state index is 0.242. The highest BCUT2D eigenvalue weighted by molar-refractivity contribution is 4.87. The highest BCUT2D eigenvalue weighted by atomic mass is 15.2. The van der Waals surface area contributed by atoms with Gasteiger partial charge in [-0.1, -0.05) is 40.0 Å². The van der Waals surface area contributed by atoms with Gasteiger partial charge in [0.05, 0.1) is 0 Å². The van der Waals surface area contributed by atoms with E-state index in [4.69, 9.17) is 5.73 Å². The summed E-state index contributed by atoms with van der Waals surface area (Å²) in [7, 11) is 2.23. The molecule has 2 heteroatoms. The minimum atomic E-state index is 0.242. The Balaban J connectivity index is 3.97. The summed E-state index contributed by atoms with van der Waals surface area (Å²) in [5.41, 5.74) is 6.16. The van der Waals surface area contributed by atoms with E-state index in [1.54, 1.807) is 0 Å². The molecule has 0 aliphatic carbocycles. The van der Waals surface area contributed by atoms with E-state index in [0.717, 1.165) is 19.4 Å². The van der Waals surface area contributed by atoms with E-state index >= 15 is 0 Å². The topological polar surface area (TPSA) is 29.3 Å². The first-order valence-corrected chi connectivity index (χ1v) is 6.58. The lowest BCUT2D eigenvalue weighted by Gasteiger charge is -2.40. The molecule has 0 atom stereocenters. The molecule has 0 bridgehead atoms. The van der Waals surface area contributed by atoms with Crippen LogP contribution in [0.5, 0.6) is 0 Å². The van der Waals surface area contributed by atoms with Crippen molar-refractivity contribution in [2.24, 2.45) is 5.73 Å². The van der Waals surface area contributed by atoms with Crippen molar-refractivity contribution in [3.05, 3.63) is 0 Å². The Morgan fingerprint density at radius 3 is 2.00 bits per heavy atom. The normalized spacial score (nSPS) is 12.4. The fraction of sp³-hybridized carbons (Fsp3) is 1.00. The zero-order valence-corrected chi connectivity index (χ0v) is 11.2. The van der Waals surface area contributed by atoms with E-state index in [-0.39, 0.29) is 5.54 Å². The van der Waals surface area contributed by atoms with Crippen molar-refractivity contribution in [2.75, 3.05) is 20.1 Å². The Labute approximate surface area is 96.2 Å². The van der Waals surface area contributed by atoms with Crippen molar-refractivity contribution in [1.29, 1.82) is 0 Å². The van der Waals surface area contributed by atoms with Crippen molar-refractivity contribution < 1.29 is 0 Å². The maximum absolute atomic E-state index is 5.92. The molecule has 0 saturated carbocycles. The largest absolute Gasteiger partial charge is 0.329 e. The summed E-state index contributed by atoms with van der Waals surface area (Å²) < 4.78 is 0. The highest BCUT2D eigenvalue weighted by Crippen LogP contribution is 2.21. The SMILES string of the molecule is CCCCCCN(C)C(CC)(CC)CN. The van der Waals surface area contributed by atoms with Crippen LogP contribution in [0.3, 0.4) is 0 Å². The van der Waals surface area contributed by atoms with Crippen molar-refractivity contribution in [3.8, 4) is 0 Å². The summed E-state index contributed by atoms with van der Waals surface area (Å²) >= 11 is 0. The third-order valence-corrected chi connectivity index (χ3v) is 3.85. The Morgan fingerprint density at radius 1 is 1.00 bits per heavy atom. The lowest BCUT2D eigenvalue weighted by atomic mass is 9.91. The summed E-state index contributed by atoms with van der Waals surface area (Å²) in [5.74, 6) is 0. The molecule has 0 saturated heterocycles. The van der Waals surface area contributed by atoms with Crippen LogP contribution >= 0.6 is 0 Å². The first-order chi connectivity index (χ1) is 7.16. The first kappa shape index (κ1) is 14.9. The maximum atomic E-state index is 5.92. The number of unbranched alkanes of at least 4 members (excludes halogenated alkanes) is 3. The zero-order chi connectivity index (χ0) is 11.7. The molecule has 0 spiro atoms. The van der Waals surface area contributed by atoms with Gasteiger partial charge >= 0.3 is 0 Å². The molecule has 2 N–H and O–H groups in total. The molecule has 0 rings (SSSR count). The summed E-state index contributed by atoms with van der Waals surface area (Å²) in [6.07, 6.45) is 7.66. The molecule has 0 aromatic rings. The Hall–Kier alpha value is -0.0800. The lowest BCUT2D eigenvalue weighted by Crippen LogP contribution is -2.51. The van der Waals surface area contributed by atoms with Gasteiger partial charge in [-0.25, -0.2) is 0 Å². The minimum Gasteiger partial charge on any atom is -0.329 e. The summed E-state index contributed by atoms with van der Waals surface area (Å²) in [6, 6.07) is 0. The van der Waals surface area contributed by atoms with Crippen molar-refractivity contribution in [2.45, 2.75) is 64.8 Å². The second kappa shape index (κ2) is 8.12. The van der Waals surface area contributed by atoms with Crippen molar-refractivity contribution >= 4 is 0 Å². The number of nitrogens with two attached hydrogens (primary N) is 1. The van der Waals surface area contributed by atoms with Crippen molar-refractivity contribution in [3.63, 3.8) is 0 Å². The maximum Gasteiger partial charge on any atom is 0.0323 e. The average molecular weight is 214 g/mol. The van der Waals surface area contributed by atoms with Gasteiger partial charge in [0.1, 0.15) is 0 Å². The standard InChI is InChI=1S/C13H30N2/c1-5-8-9-10-11-15(4)13(6-2,7-3)12-14/h5-12,14H2,1-4H3. The van der Waals surface area contributed by atoms with Crippen LogP contribution in [0.25, 0.3) is 0 Å². The molecule has 0 radical (unpaired) electrons. The fourth-order valence-corrected chi connectivity index (χ4v) is 2.25. The van der Waals surface area contributed by atoms with Crippen LogP contribution in [0, 0.1) is 0 Å². The highest BCUT2D eigenvalue weighted by Gasteiger charge is 2.28. The number of rotatable bonds is 9. The number of hydrogen-bond acceptors (Lipinski definition) is 2. The van der Waals surface area contributed by atoms with Crippen LogP contribution in [0.1, 0.15) is 59.3 Å². The molecule has 0 heterocycles. The van der Waals surface area contributed by atoms with Gasteiger partial charge < -0.3 is 5.73 Å². The molecule has 0 aromatic carbocycles. The average Bonchev–Trinajstić information content (AvgIpc) is 2.28. The Bertz CT molecular complexity index is 133. The zero-order valence-electron chi connectivity index (χ0n) is 11.2. The van der Waals surface area contributed by atoms with Gasteiger partial charge in [-0.05, 0) is 32.9 Å². The monoisotopic (exact) mass is 214 g/mol. The van der Waals surface area contributed by atoms with Gasteiger partial charge in [0.15, 0.2) is 0 Å². The summed E-state index contributed by atoms with van der Waals surface area (Å²) in [4.78, 5) is 2.47. The van der Waals surface area contributed by atoms with E-state index < -0.39 is 0 Å². The Kier molecular flexibility index (Phi) is 8.07. The number of nitrogens with zero attached hydrogens (tertiary/aromatic N) is 1. The third-order valence-electron chi connectivity index (χ3n) is 3.85. The van der Waals surface area contributed by atoms with E-state index in [2.05, 4.69) is 32.7 Å². The quantitative estimate of drug-likeness (QED) is 0.598. The first-order valence-electron chi connectivity index (χ1n) is 6.58. The molecule has 0 aliphatic rings. The molecule has 0 amide bonds. The number of hydrogen-bond donors (Lipinski definition) is 1. The van der Waals surface area contributed by atoms with Gasteiger partial charge in [0.2, 0.25) is 0 Å². The van der Waals surface area contributed by atoms with Crippen LogP contribution in [-0.2, 0) is 0 Å². The Morgan fingerprint density at radius 2 is 1.60 bits per heavy atom. The van der Waals surface area contributed by atoms with Crippen LogP contribution in [-0.4, -0.2) is 30.6 Å². The lowest BCUT2D eigenvalue weighted by molar-refractivity contribution is 0.113. The van der Waals surface area contributed by atoms with E-state index in [9.17, 15) is 0 Å². The van der Waals surface area contributed by atoms with Gasteiger partial charge in [-0.2, -0.15) is 0 Å². The molecule has 0 aliphatic heterocycles. The third kappa shape index (κ3) is 4.52. The van der Waals surface area contributed by atoms with Crippen LogP contribution < -0.4 is 5.73 Å². The summed E-state index contributed by atoms with van der Waals surface area (Å²) in [6.45, 7) is 8.73. The molecule has 15 heavy (non-hydrogen) atoms. The van der Waals surface area contributed by atoms with Gasteiger partial charge in [0, 0.05) is 12.1 Å². The second-order valence-corrected chi connectivity index (χ2v) is 4.62. The van der Waals surface area contributed by atoms with Crippen LogP contribution in [0.4, 0.5) is 0 Å². The van der Waals surface area contributed by atoms with E-state index in [0.29, 0.717) is 0 Å². The molecule has 92 valence electrons.